The lowest BCUT2D eigenvalue weighted by Crippen LogP contribution is -2.30. The summed E-state index contributed by atoms with van der Waals surface area (Å²) in [7, 11) is 0. The second kappa shape index (κ2) is 11.9. The van der Waals surface area contributed by atoms with Crippen LogP contribution >= 0.6 is 23.4 Å². The number of nitrogens with one attached hydrogen (secondary N) is 1. The van der Waals surface area contributed by atoms with E-state index in [9.17, 15) is 14.9 Å². The van der Waals surface area contributed by atoms with E-state index < -0.39 is 11.2 Å². The molecule has 5 nitrogen and oxygen atoms in total. The van der Waals surface area contributed by atoms with Crippen LogP contribution in [0.1, 0.15) is 30.9 Å². The van der Waals surface area contributed by atoms with Crippen molar-refractivity contribution in [3.8, 4) is 6.07 Å². The van der Waals surface area contributed by atoms with Crippen LogP contribution in [0.2, 0.25) is 5.02 Å². The molecule has 1 aliphatic rings. The molecule has 7 heteroatoms. The number of carbonyl (C=O) groups excluding carboxylic acids is 2. The van der Waals surface area contributed by atoms with Crippen LogP contribution in [0.25, 0.3) is 0 Å². The number of hydrogen-bond donors (Lipinski definition) is 1. The van der Waals surface area contributed by atoms with E-state index in [1.165, 1.54) is 22.2 Å². The van der Waals surface area contributed by atoms with Gasteiger partial charge in [0.15, 0.2) is 0 Å². The summed E-state index contributed by atoms with van der Waals surface area (Å²) < 4.78 is 0. The summed E-state index contributed by atoms with van der Waals surface area (Å²) in [6, 6.07) is 26.1. The van der Waals surface area contributed by atoms with Crippen LogP contribution in [-0.4, -0.2) is 17.1 Å². The van der Waals surface area contributed by atoms with Gasteiger partial charge < -0.3 is 5.32 Å². The van der Waals surface area contributed by atoms with Crippen LogP contribution in [0, 0.1) is 11.3 Å². The smallest absolute Gasteiger partial charge is 0.269 e. The van der Waals surface area contributed by atoms with Gasteiger partial charge in [-0.2, -0.15) is 5.26 Å². The number of carbonyl (C=O) groups is 2. The lowest BCUT2D eigenvalue weighted by Gasteiger charge is -2.18. The number of benzene rings is 3. The van der Waals surface area contributed by atoms with Crippen molar-refractivity contribution in [2.75, 3.05) is 10.2 Å². The second-order valence-electron chi connectivity index (χ2n) is 8.50. The fourth-order valence-electron chi connectivity index (χ4n) is 4.01. The normalized spacial score (nSPS) is 16.5. The number of nitriles is 1. The first-order chi connectivity index (χ1) is 17.5. The van der Waals surface area contributed by atoms with Crippen molar-refractivity contribution < 1.29 is 9.59 Å². The minimum absolute atomic E-state index is 0.0964. The number of halogens is 1. The predicted octanol–water partition coefficient (Wildman–Crippen LogP) is 6.75. The molecule has 0 spiro atoms. The number of aryl methyl sites for hydroxylation is 1. The molecule has 1 saturated heterocycles. The lowest BCUT2D eigenvalue weighted by atomic mass is 10.1. The summed E-state index contributed by atoms with van der Waals surface area (Å²) in [5.41, 5.74) is 3.23. The molecule has 0 aromatic heterocycles. The van der Waals surface area contributed by atoms with Gasteiger partial charge in [-0.1, -0.05) is 79.2 Å². The number of para-hydroxylation sites is 1. The van der Waals surface area contributed by atoms with Crippen LogP contribution < -0.4 is 10.2 Å². The van der Waals surface area contributed by atoms with Gasteiger partial charge in [-0.3, -0.25) is 14.5 Å². The third kappa shape index (κ3) is 5.99. The SMILES string of the molecule is CCCCc1ccc(NC(=O)C(C#N)=C2SC(Cc3cccc(Cl)c3)C(=O)N2c2ccccc2)cc1. The fraction of sp³-hybridized carbons (Fsp3) is 0.207. The highest BCUT2D eigenvalue weighted by Gasteiger charge is 2.40. The Bertz CT molecular complexity index is 1320. The molecule has 0 radical (unpaired) electrons. The minimum atomic E-state index is -0.543. The largest absolute Gasteiger partial charge is 0.321 e. The first-order valence-corrected chi connectivity index (χ1v) is 13.1. The van der Waals surface area contributed by atoms with Crippen LogP contribution in [0.4, 0.5) is 11.4 Å². The van der Waals surface area contributed by atoms with Gasteiger partial charge in [0, 0.05) is 16.4 Å². The zero-order chi connectivity index (χ0) is 25.5. The van der Waals surface area contributed by atoms with Gasteiger partial charge in [-0.25, -0.2) is 0 Å². The maximum atomic E-state index is 13.5. The molecule has 36 heavy (non-hydrogen) atoms. The highest BCUT2D eigenvalue weighted by atomic mass is 35.5. The van der Waals surface area contributed by atoms with E-state index in [0.29, 0.717) is 27.8 Å². The fourth-order valence-corrected chi connectivity index (χ4v) is 5.53. The van der Waals surface area contributed by atoms with E-state index >= 15 is 0 Å². The monoisotopic (exact) mass is 515 g/mol. The molecule has 0 aliphatic carbocycles. The summed E-state index contributed by atoms with van der Waals surface area (Å²) in [4.78, 5) is 28.2. The first-order valence-electron chi connectivity index (χ1n) is 11.8. The number of rotatable bonds is 8. The maximum absolute atomic E-state index is 13.5. The van der Waals surface area contributed by atoms with Gasteiger partial charge in [0.05, 0.1) is 5.25 Å². The zero-order valence-corrected chi connectivity index (χ0v) is 21.5. The number of hydrogen-bond acceptors (Lipinski definition) is 4. The van der Waals surface area contributed by atoms with Crippen molar-refractivity contribution in [1.29, 1.82) is 5.26 Å². The quantitative estimate of drug-likeness (QED) is 0.266. The van der Waals surface area contributed by atoms with Gasteiger partial charge in [-0.15, -0.1) is 0 Å². The average Bonchev–Trinajstić information content (AvgIpc) is 3.19. The molecule has 3 aromatic rings. The number of thioether (sulfide) groups is 1. The van der Waals surface area contributed by atoms with E-state index in [-0.39, 0.29) is 11.5 Å². The van der Waals surface area contributed by atoms with Gasteiger partial charge >= 0.3 is 0 Å². The van der Waals surface area contributed by atoms with Crippen molar-refractivity contribution in [3.05, 3.63) is 106 Å². The van der Waals surface area contributed by atoms with Gasteiger partial charge in [0.2, 0.25) is 5.91 Å². The molecular weight excluding hydrogens is 490 g/mol. The highest BCUT2D eigenvalue weighted by Crippen LogP contribution is 2.42. The van der Waals surface area contributed by atoms with E-state index in [2.05, 4.69) is 12.2 Å². The Balaban J connectivity index is 1.63. The van der Waals surface area contributed by atoms with Gasteiger partial charge in [0.1, 0.15) is 16.7 Å². The van der Waals surface area contributed by atoms with Crippen molar-refractivity contribution in [2.45, 2.75) is 37.9 Å². The van der Waals surface area contributed by atoms with E-state index in [4.69, 9.17) is 11.6 Å². The standard InChI is InChI=1S/C29H26ClN3O2S/c1-2-3-8-20-13-15-23(16-14-20)32-27(34)25(19-31)29-33(24-11-5-4-6-12-24)28(35)26(36-29)18-21-9-7-10-22(30)17-21/h4-7,9-17,26H,2-3,8,18H2,1H3,(H,32,34). The Morgan fingerprint density at radius 2 is 1.81 bits per heavy atom. The van der Waals surface area contributed by atoms with Crippen molar-refractivity contribution in [3.63, 3.8) is 0 Å². The third-order valence-electron chi connectivity index (χ3n) is 5.86. The summed E-state index contributed by atoms with van der Waals surface area (Å²) in [5, 5.41) is 13.3. The molecule has 4 rings (SSSR count). The van der Waals surface area contributed by atoms with E-state index in [1.807, 2.05) is 66.7 Å². The van der Waals surface area contributed by atoms with Crippen LogP contribution in [-0.2, 0) is 22.4 Å². The Hall–Kier alpha value is -3.53. The third-order valence-corrected chi connectivity index (χ3v) is 7.36. The van der Waals surface area contributed by atoms with Crippen LogP contribution in [0.15, 0.2) is 89.5 Å². The number of nitrogens with zero attached hydrogens (tertiary/aromatic N) is 2. The Labute approximate surface area is 220 Å². The van der Waals surface area contributed by atoms with Crippen molar-refractivity contribution >= 4 is 46.6 Å². The summed E-state index contributed by atoms with van der Waals surface area (Å²) >= 11 is 7.37. The zero-order valence-electron chi connectivity index (χ0n) is 19.9. The number of unbranched alkanes of at least 4 members (excludes halogenated alkanes) is 1. The molecule has 2 amide bonds. The van der Waals surface area contributed by atoms with E-state index in [0.717, 1.165) is 24.8 Å². The van der Waals surface area contributed by atoms with Gasteiger partial charge in [-0.05, 0) is 66.8 Å². The maximum Gasteiger partial charge on any atom is 0.269 e. The molecule has 182 valence electrons. The molecule has 3 aromatic carbocycles. The molecule has 0 bridgehead atoms. The molecule has 1 heterocycles. The van der Waals surface area contributed by atoms with Crippen molar-refractivity contribution in [2.24, 2.45) is 0 Å². The Morgan fingerprint density at radius 1 is 1.06 bits per heavy atom. The van der Waals surface area contributed by atoms with Gasteiger partial charge in [0.25, 0.3) is 5.91 Å². The lowest BCUT2D eigenvalue weighted by molar-refractivity contribution is -0.117. The number of anilines is 2. The van der Waals surface area contributed by atoms with Crippen LogP contribution in [0.5, 0.6) is 0 Å². The summed E-state index contributed by atoms with van der Waals surface area (Å²) in [6.45, 7) is 2.15. The number of amides is 2. The highest BCUT2D eigenvalue weighted by molar-refractivity contribution is 8.05. The van der Waals surface area contributed by atoms with Crippen molar-refractivity contribution in [1.82, 2.24) is 0 Å². The molecule has 1 atom stereocenters. The molecule has 1 fully saturated rings. The molecule has 1 N–H and O–H groups in total. The predicted molar refractivity (Wildman–Crippen MR) is 147 cm³/mol. The molecule has 0 saturated carbocycles. The minimum Gasteiger partial charge on any atom is -0.321 e. The van der Waals surface area contributed by atoms with Crippen LogP contribution in [0.3, 0.4) is 0 Å². The molecule has 1 unspecified atom stereocenters. The Morgan fingerprint density at radius 3 is 2.47 bits per heavy atom. The second-order valence-corrected chi connectivity index (χ2v) is 10.1. The van der Waals surface area contributed by atoms with E-state index in [1.54, 1.807) is 18.2 Å². The summed E-state index contributed by atoms with van der Waals surface area (Å²) in [5.74, 6) is -0.722. The summed E-state index contributed by atoms with van der Waals surface area (Å²) in [6.07, 6.45) is 3.63. The topological polar surface area (TPSA) is 73.2 Å². The molecule has 1 aliphatic heterocycles. The molecular formula is C29H26ClN3O2S. The first kappa shape index (κ1) is 25.6. The average molecular weight is 516 g/mol. The Kier molecular flexibility index (Phi) is 8.48.